The number of rotatable bonds is 9. The van der Waals surface area contributed by atoms with Crippen LogP contribution >= 0.6 is 23.2 Å². The van der Waals surface area contributed by atoms with Gasteiger partial charge in [-0.05, 0) is 49.2 Å². The van der Waals surface area contributed by atoms with Crippen LogP contribution in [0.4, 0.5) is 0 Å². The van der Waals surface area contributed by atoms with E-state index in [4.69, 9.17) is 27.6 Å². The highest BCUT2D eigenvalue weighted by Crippen LogP contribution is 2.30. The molecular formula is C22H23Cl2N3O4S. The van der Waals surface area contributed by atoms with Crippen LogP contribution in [0.2, 0.25) is 10.0 Å². The lowest BCUT2D eigenvalue weighted by Gasteiger charge is -2.10. The fraction of sp³-hybridized carbons (Fsp3) is 0.273. The van der Waals surface area contributed by atoms with Crippen LogP contribution in [0, 0.1) is 13.8 Å². The van der Waals surface area contributed by atoms with Crippen LogP contribution in [-0.4, -0.2) is 32.4 Å². The van der Waals surface area contributed by atoms with Crippen molar-refractivity contribution in [3.05, 3.63) is 69.7 Å². The van der Waals surface area contributed by atoms with E-state index in [1.165, 1.54) is 0 Å². The molecule has 0 aliphatic heterocycles. The summed E-state index contributed by atoms with van der Waals surface area (Å²) < 4.78 is 33.1. The van der Waals surface area contributed by atoms with Gasteiger partial charge in [-0.15, -0.1) is 0 Å². The summed E-state index contributed by atoms with van der Waals surface area (Å²) in [5.74, 6) is 0.653. The number of nitrogens with one attached hydrogen (secondary N) is 2. The minimum absolute atomic E-state index is 0.0830. The summed E-state index contributed by atoms with van der Waals surface area (Å²) in [5.41, 5.74) is 2.19. The summed E-state index contributed by atoms with van der Waals surface area (Å²) in [6, 6.07) is 10.3. The summed E-state index contributed by atoms with van der Waals surface area (Å²) >= 11 is 12.1. The SMILES string of the molecule is Cc1ccc(C)c(S(=O)(=O)NCCNC(=O)CCc2ncc(-c3ccc(Cl)cc3Cl)o2)c1. The number of aryl methyl sites for hydroxylation is 3. The molecule has 2 N–H and O–H groups in total. The third-order valence-electron chi connectivity index (χ3n) is 4.69. The first-order chi connectivity index (χ1) is 15.2. The second kappa shape index (κ2) is 10.5. The quantitative estimate of drug-likeness (QED) is 0.431. The van der Waals surface area contributed by atoms with Gasteiger partial charge in [0.05, 0.1) is 16.1 Å². The maximum atomic E-state index is 12.5. The average molecular weight is 496 g/mol. The van der Waals surface area contributed by atoms with Crippen molar-refractivity contribution in [2.45, 2.75) is 31.6 Å². The van der Waals surface area contributed by atoms with E-state index in [0.717, 1.165) is 5.56 Å². The van der Waals surface area contributed by atoms with Gasteiger partial charge < -0.3 is 9.73 Å². The van der Waals surface area contributed by atoms with Gasteiger partial charge >= 0.3 is 0 Å². The number of oxazole rings is 1. The van der Waals surface area contributed by atoms with Crippen LogP contribution < -0.4 is 10.0 Å². The number of hydrogen-bond acceptors (Lipinski definition) is 5. The number of carbonyl (C=O) groups is 1. The molecule has 3 aromatic rings. The number of nitrogens with zero attached hydrogens (tertiary/aromatic N) is 1. The van der Waals surface area contributed by atoms with Gasteiger partial charge in [-0.1, -0.05) is 35.3 Å². The molecule has 0 bridgehead atoms. The molecule has 0 saturated heterocycles. The van der Waals surface area contributed by atoms with Gasteiger partial charge in [0, 0.05) is 36.5 Å². The van der Waals surface area contributed by atoms with Gasteiger partial charge in [0.2, 0.25) is 15.9 Å². The summed E-state index contributed by atoms with van der Waals surface area (Å²) in [6.45, 7) is 3.82. The molecule has 170 valence electrons. The zero-order valence-electron chi connectivity index (χ0n) is 17.6. The second-order valence-electron chi connectivity index (χ2n) is 7.26. The van der Waals surface area contributed by atoms with Crippen molar-refractivity contribution in [1.29, 1.82) is 0 Å². The number of hydrogen-bond donors (Lipinski definition) is 2. The molecule has 3 rings (SSSR count). The van der Waals surface area contributed by atoms with Crippen molar-refractivity contribution in [3.8, 4) is 11.3 Å². The molecule has 1 amide bonds. The zero-order valence-corrected chi connectivity index (χ0v) is 19.9. The molecule has 0 spiro atoms. The number of benzene rings is 2. The van der Waals surface area contributed by atoms with Crippen molar-refractivity contribution < 1.29 is 17.6 Å². The van der Waals surface area contributed by atoms with E-state index >= 15 is 0 Å². The Balaban J connectivity index is 1.45. The highest BCUT2D eigenvalue weighted by molar-refractivity contribution is 7.89. The molecule has 32 heavy (non-hydrogen) atoms. The first-order valence-electron chi connectivity index (χ1n) is 9.89. The second-order valence-corrected chi connectivity index (χ2v) is 9.84. The lowest BCUT2D eigenvalue weighted by molar-refractivity contribution is -0.121. The molecule has 0 radical (unpaired) electrons. The Labute approximate surface area is 197 Å². The van der Waals surface area contributed by atoms with Gasteiger partial charge in [0.1, 0.15) is 0 Å². The predicted molar refractivity (Wildman–Crippen MR) is 124 cm³/mol. The first kappa shape index (κ1) is 24.3. The molecule has 10 heteroatoms. The monoisotopic (exact) mass is 495 g/mol. The smallest absolute Gasteiger partial charge is 0.240 e. The van der Waals surface area contributed by atoms with Crippen LogP contribution in [0.5, 0.6) is 0 Å². The maximum Gasteiger partial charge on any atom is 0.240 e. The Morgan fingerprint density at radius 3 is 2.62 bits per heavy atom. The Morgan fingerprint density at radius 2 is 1.88 bits per heavy atom. The van der Waals surface area contributed by atoms with E-state index in [1.807, 2.05) is 13.0 Å². The molecule has 0 atom stereocenters. The van der Waals surface area contributed by atoms with Crippen LogP contribution in [0.3, 0.4) is 0 Å². The lowest BCUT2D eigenvalue weighted by Crippen LogP contribution is -2.35. The Kier molecular flexibility index (Phi) is 7.95. The number of carbonyl (C=O) groups excluding carboxylic acids is 1. The van der Waals surface area contributed by atoms with Gasteiger partial charge in [-0.2, -0.15) is 0 Å². The highest BCUT2D eigenvalue weighted by Gasteiger charge is 2.16. The third-order valence-corrected chi connectivity index (χ3v) is 6.84. The molecule has 2 aromatic carbocycles. The fourth-order valence-electron chi connectivity index (χ4n) is 3.01. The van der Waals surface area contributed by atoms with Crippen LogP contribution in [-0.2, 0) is 21.2 Å². The summed E-state index contributed by atoms with van der Waals surface area (Å²) in [7, 11) is -3.64. The van der Waals surface area contributed by atoms with Crippen LogP contribution in [0.1, 0.15) is 23.4 Å². The largest absolute Gasteiger partial charge is 0.441 e. The van der Waals surface area contributed by atoms with Crippen molar-refractivity contribution in [2.24, 2.45) is 0 Å². The van der Waals surface area contributed by atoms with Crippen molar-refractivity contribution >= 4 is 39.1 Å². The van der Waals surface area contributed by atoms with Crippen molar-refractivity contribution in [3.63, 3.8) is 0 Å². The lowest BCUT2D eigenvalue weighted by atomic mass is 10.2. The molecule has 0 aliphatic carbocycles. The van der Waals surface area contributed by atoms with Gasteiger partial charge in [0.25, 0.3) is 0 Å². The van der Waals surface area contributed by atoms with Crippen molar-refractivity contribution in [2.75, 3.05) is 13.1 Å². The molecule has 0 saturated carbocycles. The topological polar surface area (TPSA) is 101 Å². The first-order valence-corrected chi connectivity index (χ1v) is 12.1. The molecular weight excluding hydrogens is 473 g/mol. The Hall–Kier alpha value is -2.39. The molecule has 1 heterocycles. The highest BCUT2D eigenvalue weighted by atomic mass is 35.5. The minimum atomic E-state index is -3.64. The van der Waals surface area contributed by atoms with E-state index < -0.39 is 10.0 Å². The average Bonchev–Trinajstić information content (AvgIpc) is 3.20. The Morgan fingerprint density at radius 1 is 1.09 bits per heavy atom. The molecule has 0 fully saturated rings. The number of halogens is 2. The predicted octanol–water partition coefficient (Wildman–Crippen LogP) is 4.29. The number of aromatic nitrogens is 1. The minimum Gasteiger partial charge on any atom is -0.441 e. The third kappa shape index (κ3) is 6.32. The fourth-order valence-corrected chi connectivity index (χ4v) is 4.87. The number of sulfonamides is 1. The van der Waals surface area contributed by atoms with Gasteiger partial charge in [-0.3, -0.25) is 4.79 Å². The standard InChI is InChI=1S/C22H23Cl2N3O4S/c1-14-3-4-15(2)20(11-14)32(29,30)27-10-9-25-21(28)7-8-22-26-13-19(31-22)17-6-5-16(23)12-18(17)24/h3-6,11-13,27H,7-10H2,1-2H3,(H,25,28). The number of amides is 1. The van der Waals surface area contributed by atoms with E-state index in [9.17, 15) is 13.2 Å². The van der Waals surface area contributed by atoms with Gasteiger partial charge in [0.15, 0.2) is 11.7 Å². The van der Waals surface area contributed by atoms with E-state index in [-0.39, 0.29) is 30.3 Å². The molecule has 1 aromatic heterocycles. The van der Waals surface area contributed by atoms with Crippen LogP contribution in [0.15, 0.2) is 51.9 Å². The van der Waals surface area contributed by atoms with E-state index in [1.54, 1.807) is 43.5 Å². The molecule has 0 unspecified atom stereocenters. The zero-order chi connectivity index (χ0) is 23.3. The summed E-state index contributed by atoms with van der Waals surface area (Å²) in [5, 5.41) is 3.65. The summed E-state index contributed by atoms with van der Waals surface area (Å²) in [4.78, 5) is 16.5. The molecule has 0 aliphatic rings. The van der Waals surface area contributed by atoms with Crippen LogP contribution in [0.25, 0.3) is 11.3 Å². The molecule has 7 nitrogen and oxygen atoms in total. The normalized spacial score (nSPS) is 11.5. The Bertz CT molecular complexity index is 1230. The van der Waals surface area contributed by atoms with Crippen molar-refractivity contribution in [1.82, 2.24) is 15.0 Å². The maximum absolute atomic E-state index is 12.5. The van der Waals surface area contributed by atoms with Gasteiger partial charge in [-0.25, -0.2) is 18.1 Å². The van der Waals surface area contributed by atoms with E-state index in [0.29, 0.717) is 39.2 Å². The summed E-state index contributed by atoms with van der Waals surface area (Å²) in [6.07, 6.45) is 1.99. The van der Waals surface area contributed by atoms with E-state index in [2.05, 4.69) is 15.0 Å².